The van der Waals surface area contributed by atoms with Crippen LogP contribution in [-0.2, 0) is 24.4 Å². The first-order valence-electron chi connectivity index (χ1n) is 10.3. The summed E-state index contributed by atoms with van der Waals surface area (Å²) in [6, 6.07) is 2.73. The van der Waals surface area contributed by atoms with E-state index in [4.69, 9.17) is 5.10 Å². The number of amides is 1. The maximum absolute atomic E-state index is 12.3. The Kier molecular flexibility index (Phi) is 6.89. The van der Waals surface area contributed by atoms with Gasteiger partial charge in [0.25, 0.3) is 0 Å². The lowest BCUT2D eigenvalue weighted by Crippen LogP contribution is -2.38. The van der Waals surface area contributed by atoms with Crippen molar-refractivity contribution in [3.05, 3.63) is 17.5 Å². The summed E-state index contributed by atoms with van der Waals surface area (Å²) in [5.41, 5.74) is 2.24. The summed E-state index contributed by atoms with van der Waals surface area (Å²) in [7, 11) is 4.22. The summed E-state index contributed by atoms with van der Waals surface area (Å²) in [4.78, 5) is 19.3. The fourth-order valence-electron chi connectivity index (χ4n) is 4.17. The van der Waals surface area contributed by atoms with E-state index in [1.54, 1.807) is 0 Å². The van der Waals surface area contributed by atoms with Crippen molar-refractivity contribution in [3.8, 4) is 0 Å². The third kappa shape index (κ3) is 5.77. The van der Waals surface area contributed by atoms with Gasteiger partial charge >= 0.3 is 0 Å². The van der Waals surface area contributed by atoms with Crippen LogP contribution >= 0.6 is 0 Å². The number of likely N-dealkylation sites (tertiary alicyclic amines) is 1. The summed E-state index contributed by atoms with van der Waals surface area (Å²) in [6.07, 6.45) is 2.27. The molecule has 1 atom stereocenters. The summed E-state index contributed by atoms with van der Waals surface area (Å²) in [6.45, 7) is 11.7. The number of likely N-dealkylation sites (N-methyl/N-ethyl adjacent to an activating group) is 1. The second-order valence-corrected chi connectivity index (χ2v) is 8.75. The summed E-state index contributed by atoms with van der Waals surface area (Å²) in [5, 5.41) is 7.77. The van der Waals surface area contributed by atoms with Gasteiger partial charge in [-0.15, -0.1) is 0 Å². The van der Waals surface area contributed by atoms with Crippen molar-refractivity contribution in [3.63, 3.8) is 0 Å². The Morgan fingerprint density at radius 2 is 2.11 bits per heavy atom. The van der Waals surface area contributed by atoms with Crippen LogP contribution in [0.15, 0.2) is 6.07 Å². The van der Waals surface area contributed by atoms with Crippen LogP contribution in [0.25, 0.3) is 0 Å². The SMILES string of the molecule is CC(C)CN1CCCn2nc(CNC(=O)CN3CC[C@@H](N(C)C)C3)cc2C1. The fourth-order valence-corrected chi connectivity index (χ4v) is 4.17. The van der Waals surface area contributed by atoms with Gasteiger partial charge in [-0.25, -0.2) is 0 Å². The Labute approximate surface area is 163 Å². The molecular formula is C20H36N6O. The largest absolute Gasteiger partial charge is 0.349 e. The lowest BCUT2D eigenvalue weighted by molar-refractivity contribution is -0.122. The minimum absolute atomic E-state index is 0.0963. The molecule has 1 aromatic heterocycles. The van der Waals surface area contributed by atoms with Crippen molar-refractivity contribution < 1.29 is 4.79 Å². The Balaban J connectivity index is 1.47. The van der Waals surface area contributed by atoms with E-state index < -0.39 is 0 Å². The molecule has 27 heavy (non-hydrogen) atoms. The quantitative estimate of drug-likeness (QED) is 0.769. The molecule has 3 heterocycles. The highest BCUT2D eigenvalue weighted by Crippen LogP contribution is 2.15. The zero-order valence-electron chi connectivity index (χ0n) is 17.4. The molecule has 0 unspecified atom stereocenters. The van der Waals surface area contributed by atoms with Gasteiger partial charge in [0, 0.05) is 45.3 Å². The predicted molar refractivity (Wildman–Crippen MR) is 107 cm³/mol. The van der Waals surface area contributed by atoms with Gasteiger partial charge in [0.2, 0.25) is 5.91 Å². The fraction of sp³-hybridized carbons (Fsp3) is 0.800. The highest BCUT2D eigenvalue weighted by atomic mass is 16.2. The van der Waals surface area contributed by atoms with E-state index >= 15 is 0 Å². The normalized spacial score (nSPS) is 21.6. The van der Waals surface area contributed by atoms with Crippen molar-refractivity contribution >= 4 is 5.91 Å². The molecule has 1 aromatic rings. The molecule has 2 aliphatic heterocycles. The van der Waals surface area contributed by atoms with Gasteiger partial charge in [-0.2, -0.15) is 5.10 Å². The van der Waals surface area contributed by atoms with Crippen LogP contribution in [0.4, 0.5) is 0 Å². The molecule has 3 rings (SSSR count). The monoisotopic (exact) mass is 376 g/mol. The van der Waals surface area contributed by atoms with Crippen molar-refractivity contribution in [2.75, 3.05) is 46.8 Å². The molecule has 152 valence electrons. The number of nitrogens with zero attached hydrogens (tertiary/aromatic N) is 5. The summed E-state index contributed by atoms with van der Waals surface area (Å²) < 4.78 is 2.13. The minimum Gasteiger partial charge on any atom is -0.349 e. The molecule has 0 radical (unpaired) electrons. The first-order chi connectivity index (χ1) is 12.9. The van der Waals surface area contributed by atoms with Gasteiger partial charge in [0.15, 0.2) is 0 Å². The molecule has 0 spiro atoms. The molecule has 2 aliphatic rings. The molecule has 7 heteroatoms. The van der Waals surface area contributed by atoms with E-state index in [0.29, 0.717) is 25.0 Å². The molecule has 1 fully saturated rings. The smallest absolute Gasteiger partial charge is 0.234 e. The minimum atomic E-state index is 0.0963. The van der Waals surface area contributed by atoms with Crippen LogP contribution < -0.4 is 5.32 Å². The number of rotatable bonds is 7. The molecule has 0 saturated carbocycles. The summed E-state index contributed by atoms with van der Waals surface area (Å²) in [5.74, 6) is 0.773. The first-order valence-corrected chi connectivity index (χ1v) is 10.3. The Morgan fingerprint density at radius 1 is 1.30 bits per heavy atom. The number of hydrogen-bond acceptors (Lipinski definition) is 5. The van der Waals surface area contributed by atoms with E-state index in [9.17, 15) is 4.79 Å². The zero-order chi connectivity index (χ0) is 19.4. The number of aryl methyl sites for hydroxylation is 1. The second-order valence-electron chi connectivity index (χ2n) is 8.75. The third-order valence-electron chi connectivity index (χ3n) is 5.58. The van der Waals surface area contributed by atoms with Gasteiger partial charge in [0.05, 0.1) is 24.5 Å². The molecule has 0 bridgehead atoms. The number of hydrogen-bond donors (Lipinski definition) is 1. The van der Waals surface area contributed by atoms with Gasteiger partial charge < -0.3 is 10.2 Å². The van der Waals surface area contributed by atoms with Gasteiger partial charge in [-0.1, -0.05) is 13.8 Å². The van der Waals surface area contributed by atoms with E-state index in [0.717, 1.165) is 57.8 Å². The maximum atomic E-state index is 12.3. The number of carbonyl (C=O) groups excluding carboxylic acids is 1. The van der Waals surface area contributed by atoms with Crippen molar-refractivity contribution in [2.24, 2.45) is 5.92 Å². The zero-order valence-corrected chi connectivity index (χ0v) is 17.4. The molecular weight excluding hydrogens is 340 g/mol. The van der Waals surface area contributed by atoms with E-state index in [1.807, 2.05) is 0 Å². The molecule has 1 amide bonds. The summed E-state index contributed by atoms with van der Waals surface area (Å²) >= 11 is 0. The first kappa shape index (κ1) is 20.3. The predicted octanol–water partition coefficient (Wildman–Crippen LogP) is 0.997. The van der Waals surface area contributed by atoms with Crippen LogP contribution in [0.3, 0.4) is 0 Å². The maximum Gasteiger partial charge on any atom is 0.234 e. The van der Waals surface area contributed by atoms with Crippen LogP contribution in [-0.4, -0.2) is 83.2 Å². The van der Waals surface area contributed by atoms with Crippen LogP contribution in [0, 0.1) is 5.92 Å². The highest BCUT2D eigenvalue weighted by molar-refractivity contribution is 5.78. The molecule has 1 N–H and O–H groups in total. The number of carbonyl (C=O) groups is 1. The van der Waals surface area contributed by atoms with Crippen molar-refractivity contribution in [1.82, 2.24) is 29.8 Å². The van der Waals surface area contributed by atoms with Gasteiger partial charge in [-0.3, -0.25) is 19.3 Å². The van der Waals surface area contributed by atoms with Gasteiger partial charge in [-0.05, 0) is 38.9 Å². The topological polar surface area (TPSA) is 56.6 Å². The average Bonchev–Trinajstić information content (AvgIpc) is 3.16. The molecule has 7 nitrogen and oxygen atoms in total. The van der Waals surface area contributed by atoms with Crippen molar-refractivity contribution in [1.29, 1.82) is 0 Å². The van der Waals surface area contributed by atoms with Crippen LogP contribution in [0.1, 0.15) is 38.1 Å². The number of nitrogens with one attached hydrogen (secondary N) is 1. The number of fused-ring (bicyclic) bond motifs is 1. The molecule has 1 saturated heterocycles. The third-order valence-corrected chi connectivity index (χ3v) is 5.58. The average molecular weight is 377 g/mol. The molecule has 0 aliphatic carbocycles. The van der Waals surface area contributed by atoms with E-state index in [1.165, 1.54) is 5.69 Å². The Bertz CT molecular complexity index is 626. The van der Waals surface area contributed by atoms with Crippen LogP contribution in [0.5, 0.6) is 0 Å². The van der Waals surface area contributed by atoms with Gasteiger partial charge in [0.1, 0.15) is 0 Å². The number of aromatic nitrogens is 2. The lowest BCUT2D eigenvalue weighted by Gasteiger charge is -2.21. The van der Waals surface area contributed by atoms with Crippen LogP contribution in [0.2, 0.25) is 0 Å². The Hall–Kier alpha value is -1.44. The van der Waals surface area contributed by atoms with Crippen molar-refractivity contribution in [2.45, 2.75) is 52.4 Å². The second kappa shape index (κ2) is 9.17. The van der Waals surface area contributed by atoms with E-state index in [2.05, 4.69) is 58.7 Å². The Morgan fingerprint density at radius 3 is 2.81 bits per heavy atom. The van der Waals surface area contributed by atoms with E-state index in [-0.39, 0.29) is 5.91 Å². The highest BCUT2D eigenvalue weighted by Gasteiger charge is 2.25. The standard InChI is InChI=1S/C20H36N6O/c1-16(2)12-24-7-5-8-26-19(14-24)10-17(22-26)11-21-20(27)15-25-9-6-18(13-25)23(3)4/h10,16,18H,5-9,11-15H2,1-4H3,(H,21,27)/t18-/m1/s1. The lowest BCUT2D eigenvalue weighted by atomic mass is 10.2. The molecule has 0 aromatic carbocycles.